The number of benzene rings is 2. The number of para-hydroxylation sites is 1. The summed E-state index contributed by atoms with van der Waals surface area (Å²) in [4.78, 5) is 26.6. The van der Waals surface area contributed by atoms with Crippen molar-refractivity contribution in [2.45, 2.75) is 30.9 Å². The van der Waals surface area contributed by atoms with Gasteiger partial charge in [0.25, 0.3) is 5.91 Å². The fraction of sp³-hybridized carbons (Fsp3) is 0.263. The van der Waals surface area contributed by atoms with Crippen LogP contribution in [0.25, 0.3) is 0 Å². The molecule has 1 N–H and O–H groups in total. The average Bonchev–Trinajstić information content (AvgIpc) is 2.94. The Morgan fingerprint density at radius 1 is 1.08 bits per heavy atom. The molecule has 2 aliphatic heterocycles. The van der Waals surface area contributed by atoms with E-state index in [0.717, 1.165) is 28.1 Å². The molecule has 0 saturated carbocycles. The molecule has 2 aliphatic rings. The fourth-order valence-corrected chi connectivity index (χ4v) is 5.12. The normalized spacial score (nSPS) is 25.3. The largest absolute Gasteiger partial charge is 0.323 e. The van der Waals surface area contributed by atoms with E-state index in [0.29, 0.717) is 0 Å². The van der Waals surface area contributed by atoms with Crippen molar-refractivity contribution < 1.29 is 9.59 Å². The lowest BCUT2D eigenvalue weighted by molar-refractivity contribution is -0.122. The van der Waals surface area contributed by atoms with Crippen molar-refractivity contribution in [3.63, 3.8) is 0 Å². The third-order valence-electron chi connectivity index (χ3n) is 4.54. The Balaban J connectivity index is 1.97. The number of carbonyl (C=O) groups is 2. The Hall–Kier alpha value is -2.27. The SMILES string of the molecule is Cc1cc(C)cc(N2C(=O)C(C)SC23C(=O)Nc2ccccc23)c1. The van der Waals surface area contributed by atoms with E-state index in [-0.39, 0.29) is 17.1 Å². The number of amides is 2. The van der Waals surface area contributed by atoms with Gasteiger partial charge in [0, 0.05) is 16.9 Å². The van der Waals surface area contributed by atoms with Gasteiger partial charge in [-0.3, -0.25) is 14.5 Å². The highest BCUT2D eigenvalue weighted by atomic mass is 32.2. The number of anilines is 2. The summed E-state index contributed by atoms with van der Waals surface area (Å²) >= 11 is 1.41. The minimum atomic E-state index is -1.02. The fourth-order valence-electron chi connectivity index (χ4n) is 3.64. The summed E-state index contributed by atoms with van der Waals surface area (Å²) in [6.07, 6.45) is 0. The number of hydrogen-bond acceptors (Lipinski definition) is 3. The molecule has 24 heavy (non-hydrogen) atoms. The predicted molar refractivity (Wildman–Crippen MR) is 97.2 cm³/mol. The van der Waals surface area contributed by atoms with Crippen LogP contribution in [0.4, 0.5) is 11.4 Å². The smallest absolute Gasteiger partial charge is 0.266 e. The molecule has 122 valence electrons. The van der Waals surface area contributed by atoms with E-state index in [4.69, 9.17) is 0 Å². The Bertz CT molecular complexity index is 859. The van der Waals surface area contributed by atoms with Crippen molar-refractivity contribution in [3.8, 4) is 0 Å². The monoisotopic (exact) mass is 338 g/mol. The molecular weight excluding hydrogens is 320 g/mol. The number of fused-ring (bicyclic) bond motifs is 2. The molecular formula is C19H18N2O2S. The van der Waals surface area contributed by atoms with Gasteiger partial charge in [-0.15, -0.1) is 11.8 Å². The van der Waals surface area contributed by atoms with Gasteiger partial charge >= 0.3 is 0 Å². The number of nitrogens with one attached hydrogen (secondary N) is 1. The standard InChI is InChI=1S/C19H18N2O2S/c1-11-8-12(2)10-14(9-11)21-17(22)13(3)24-19(21)15-6-4-5-7-16(15)20-18(19)23/h4-10,13H,1-3H3,(H,20,23). The molecule has 1 fully saturated rings. The quantitative estimate of drug-likeness (QED) is 0.865. The molecule has 0 bridgehead atoms. The minimum absolute atomic E-state index is 0.0307. The number of hydrogen-bond donors (Lipinski definition) is 1. The highest BCUT2D eigenvalue weighted by Crippen LogP contribution is 2.56. The maximum absolute atomic E-state index is 13.0. The maximum atomic E-state index is 13.0. The molecule has 1 spiro atoms. The molecule has 2 unspecified atom stereocenters. The molecule has 2 aromatic rings. The van der Waals surface area contributed by atoms with Crippen LogP contribution in [0.1, 0.15) is 23.6 Å². The summed E-state index contributed by atoms with van der Waals surface area (Å²) in [5, 5.41) is 2.67. The maximum Gasteiger partial charge on any atom is 0.266 e. The predicted octanol–water partition coefficient (Wildman–Crippen LogP) is 3.58. The lowest BCUT2D eigenvalue weighted by atomic mass is 10.0. The lowest BCUT2D eigenvalue weighted by Gasteiger charge is -2.32. The van der Waals surface area contributed by atoms with E-state index >= 15 is 0 Å². The average molecular weight is 338 g/mol. The van der Waals surface area contributed by atoms with Gasteiger partial charge in [0.2, 0.25) is 10.8 Å². The van der Waals surface area contributed by atoms with Crippen LogP contribution in [-0.4, -0.2) is 17.1 Å². The Kier molecular flexibility index (Phi) is 3.25. The lowest BCUT2D eigenvalue weighted by Crippen LogP contribution is -2.47. The molecule has 4 nitrogen and oxygen atoms in total. The number of rotatable bonds is 1. The van der Waals surface area contributed by atoms with Crippen molar-refractivity contribution >= 4 is 35.0 Å². The van der Waals surface area contributed by atoms with E-state index in [2.05, 4.69) is 11.4 Å². The van der Waals surface area contributed by atoms with Crippen molar-refractivity contribution in [3.05, 3.63) is 59.2 Å². The molecule has 0 aromatic heterocycles. The summed E-state index contributed by atoms with van der Waals surface area (Å²) < 4.78 is 0. The Labute approximate surface area is 145 Å². The summed E-state index contributed by atoms with van der Waals surface area (Å²) in [5.74, 6) is -0.178. The molecule has 2 amide bonds. The second-order valence-corrected chi connectivity index (χ2v) is 7.96. The molecule has 0 radical (unpaired) electrons. The molecule has 2 atom stereocenters. The van der Waals surface area contributed by atoms with Crippen LogP contribution in [0, 0.1) is 13.8 Å². The van der Waals surface area contributed by atoms with Crippen molar-refractivity contribution in [1.29, 1.82) is 0 Å². The van der Waals surface area contributed by atoms with Crippen LogP contribution >= 0.6 is 11.8 Å². The first-order chi connectivity index (χ1) is 11.4. The van der Waals surface area contributed by atoms with Crippen LogP contribution in [0.15, 0.2) is 42.5 Å². The second-order valence-electron chi connectivity index (χ2n) is 6.42. The molecule has 4 rings (SSSR count). The van der Waals surface area contributed by atoms with E-state index in [9.17, 15) is 9.59 Å². The molecule has 2 heterocycles. The Morgan fingerprint density at radius 2 is 1.75 bits per heavy atom. The van der Waals surface area contributed by atoms with Gasteiger partial charge in [-0.05, 0) is 50.1 Å². The first kappa shape index (κ1) is 15.3. The number of aryl methyl sites for hydroxylation is 2. The topological polar surface area (TPSA) is 49.4 Å². The summed E-state index contributed by atoms with van der Waals surface area (Å²) in [7, 11) is 0. The van der Waals surface area contributed by atoms with Gasteiger partial charge in [-0.2, -0.15) is 0 Å². The molecule has 0 aliphatic carbocycles. The number of thioether (sulfide) groups is 1. The summed E-state index contributed by atoms with van der Waals surface area (Å²) in [6, 6.07) is 13.6. The van der Waals surface area contributed by atoms with Crippen molar-refractivity contribution in [1.82, 2.24) is 0 Å². The first-order valence-electron chi connectivity index (χ1n) is 7.94. The third kappa shape index (κ3) is 1.94. The van der Waals surface area contributed by atoms with Gasteiger partial charge in [-0.25, -0.2) is 0 Å². The van der Waals surface area contributed by atoms with Crippen molar-refractivity contribution in [2.75, 3.05) is 10.2 Å². The Morgan fingerprint density at radius 3 is 2.46 bits per heavy atom. The molecule has 1 saturated heterocycles. The van der Waals surface area contributed by atoms with Gasteiger partial charge < -0.3 is 5.32 Å². The highest BCUT2D eigenvalue weighted by Gasteiger charge is 2.60. The number of nitrogens with zero attached hydrogens (tertiary/aromatic N) is 1. The minimum Gasteiger partial charge on any atom is -0.323 e. The molecule has 5 heteroatoms. The summed E-state index contributed by atoms with van der Waals surface area (Å²) in [5.41, 5.74) is 4.57. The first-order valence-corrected chi connectivity index (χ1v) is 8.82. The van der Waals surface area contributed by atoms with Gasteiger partial charge in [-0.1, -0.05) is 24.3 Å². The zero-order valence-electron chi connectivity index (χ0n) is 13.8. The molecule has 2 aromatic carbocycles. The van der Waals surface area contributed by atoms with E-state index in [1.54, 1.807) is 4.90 Å². The van der Waals surface area contributed by atoms with Crippen LogP contribution in [-0.2, 0) is 14.5 Å². The van der Waals surface area contributed by atoms with Crippen LogP contribution < -0.4 is 10.2 Å². The van der Waals surface area contributed by atoms with E-state index in [1.807, 2.05) is 57.2 Å². The summed E-state index contributed by atoms with van der Waals surface area (Å²) in [6.45, 7) is 5.87. The van der Waals surface area contributed by atoms with Crippen molar-refractivity contribution in [2.24, 2.45) is 0 Å². The number of carbonyl (C=O) groups excluding carboxylic acids is 2. The zero-order valence-corrected chi connectivity index (χ0v) is 14.6. The van der Waals surface area contributed by atoms with Gasteiger partial charge in [0.05, 0.1) is 5.25 Å². The van der Waals surface area contributed by atoms with Crippen LogP contribution in [0.2, 0.25) is 0 Å². The second kappa shape index (κ2) is 5.11. The van der Waals surface area contributed by atoms with Crippen LogP contribution in [0.5, 0.6) is 0 Å². The van der Waals surface area contributed by atoms with E-state index < -0.39 is 4.87 Å². The zero-order chi connectivity index (χ0) is 17.1. The highest BCUT2D eigenvalue weighted by molar-refractivity contribution is 8.03. The van der Waals surface area contributed by atoms with Gasteiger partial charge in [0.15, 0.2) is 0 Å². The van der Waals surface area contributed by atoms with E-state index in [1.165, 1.54) is 11.8 Å². The van der Waals surface area contributed by atoms with Gasteiger partial charge in [0.1, 0.15) is 0 Å². The van der Waals surface area contributed by atoms with Crippen LogP contribution in [0.3, 0.4) is 0 Å². The third-order valence-corrected chi connectivity index (χ3v) is 6.03.